The molecule has 1 amide bonds. The Morgan fingerprint density at radius 1 is 1.13 bits per heavy atom. The molecule has 2 heterocycles. The van der Waals surface area contributed by atoms with E-state index in [1.807, 2.05) is 19.9 Å². The Balaban J connectivity index is 1.61. The van der Waals surface area contributed by atoms with Gasteiger partial charge in [0.1, 0.15) is 0 Å². The molecule has 0 radical (unpaired) electrons. The molecule has 0 saturated carbocycles. The molecule has 4 rings (SSSR count). The fraction of sp³-hybridized carbons (Fsp3) is 0.391. The van der Waals surface area contributed by atoms with Crippen LogP contribution in [0.2, 0.25) is 0 Å². The number of thiazole rings is 1. The van der Waals surface area contributed by atoms with E-state index in [1.54, 1.807) is 4.90 Å². The van der Waals surface area contributed by atoms with Gasteiger partial charge in [-0.1, -0.05) is 11.3 Å². The average Bonchev–Trinajstić information content (AvgIpc) is 3.16. The number of halogens is 2. The molecule has 0 aliphatic carbocycles. The first-order valence-electron chi connectivity index (χ1n) is 10.4. The maximum atomic E-state index is 13.8. The van der Waals surface area contributed by atoms with Crippen LogP contribution in [0.4, 0.5) is 13.9 Å². The Morgan fingerprint density at radius 2 is 1.87 bits per heavy atom. The Bertz CT molecular complexity index is 1060. The monoisotopic (exact) mass is 445 g/mol. The van der Waals surface area contributed by atoms with Crippen LogP contribution in [0.5, 0.6) is 0 Å². The summed E-state index contributed by atoms with van der Waals surface area (Å²) in [5.74, 6) is -2.38. The van der Waals surface area contributed by atoms with E-state index in [0.717, 1.165) is 59.5 Å². The molecule has 1 aliphatic heterocycles. The van der Waals surface area contributed by atoms with Crippen molar-refractivity contribution in [2.45, 2.75) is 20.3 Å². The molecule has 1 fully saturated rings. The van der Waals surface area contributed by atoms with Gasteiger partial charge in [-0.3, -0.25) is 14.6 Å². The van der Waals surface area contributed by atoms with Gasteiger partial charge in [0.2, 0.25) is 0 Å². The highest BCUT2D eigenvalue weighted by atomic mass is 32.1. The summed E-state index contributed by atoms with van der Waals surface area (Å²) in [6, 6.07) is 7.34. The van der Waals surface area contributed by atoms with Gasteiger partial charge in [-0.2, -0.15) is 0 Å². The number of nitrogens with zero attached hydrogens (tertiary/aromatic N) is 3. The number of rotatable bonds is 6. The number of hydrogen-bond acceptors (Lipinski definition) is 5. The number of ether oxygens (including phenoxy) is 1. The van der Waals surface area contributed by atoms with Crippen molar-refractivity contribution in [1.29, 1.82) is 0 Å². The maximum Gasteiger partial charge on any atom is 0.260 e. The standard InChI is InChI=1S/C23H25F2N3O2S/c1-15-12-20-21(13-16(15)2)31-23(26-20)28(7-3-6-27-8-10-30-11-9-27)22(29)17-4-5-18(24)19(25)14-17/h4-5,12-14H,3,6-11H2,1-2H3. The molecule has 164 valence electrons. The van der Waals surface area contributed by atoms with Crippen molar-refractivity contribution >= 4 is 32.6 Å². The molecule has 1 aliphatic rings. The molecule has 0 spiro atoms. The highest BCUT2D eigenvalue weighted by Crippen LogP contribution is 2.32. The Labute approximate surface area is 184 Å². The molecule has 0 atom stereocenters. The van der Waals surface area contributed by atoms with Crippen LogP contribution in [0.25, 0.3) is 10.2 Å². The second-order valence-electron chi connectivity index (χ2n) is 7.79. The fourth-order valence-corrected chi connectivity index (χ4v) is 4.70. The van der Waals surface area contributed by atoms with E-state index in [2.05, 4.69) is 16.0 Å². The van der Waals surface area contributed by atoms with Gasteiger partial charge in [0, 0.05) is 31.7 Å². The van der Waals surface area contributed by atoms with E-state index in [-0.39, 0.29) is 11.5 Å². The van der Waals surface area contributed by atoms with Crippen molar-refractivity contribution in [2.24, 2.45) is 0 Å². The van der Waals surface area contributed by atoms with E-state index in [1.165, 1.54) is 17.4 Å². The summed E-state index contributed by atoms with van der Waals surface area (Å²) in [6.07, 6.45) is 0.739. The molecule has 1 aromatic heterocycles. The number of anilines is 1. The molecule has 0 bridgehead atoms. The van der Waals surface area contributed by atoms with Crippen molar-refractivity contribution in [2.75, 3.05) is 44.3 Å². The number of benzene rings is 2. The summed E-state index contributed by atoms with van der Waals surface area (Å²) >= 11 is 1.44. The highest BCUT2D eigenvalue weighted by Gasteiger charge is 2.23. The van der Waals surface area contributed by atoms with E-state index in [4.69, 9.17) is 4.74 Å². The van der Waals surface area contributed by atoms with Crippen LogP contribution in [0.1, 0.15) is 27.9 Å². The van der Waals surface area contributed by atoms with Crippen molar-refractivity contribution in [3.8, 4) is 0 Å². The van der Waals surface area contributed by atoms with E-state index >= 15 is 0 Å². The Kier molecular flexibility index (Phi) is 6.60. The van der Waals surface area contributed by atoms with Crippen LogP contribution in [-0.2, 0) is 4.74 Å². The van der Waals surface area contributed by atoms with E-state index in [9.17, 15) is 13.6 Å². The fourth-order valence-electron chi connectivity index (χ4n) is 3.63. The molecular formula is C23H25F2N3O2S. The van der Waals surface area contributed by atoms with Gasteiger partial charge in [-0.25, -0.2) is 13.8 Å². The van der Waals surface area contributed by atoms with Crippen molar-refractivity contribution in [3.63, 3.8) is 0 Å². The van der Waals surface area contributed by atoms with Gasteiger partial charge in [0.05, 0.1) is 23.4 Å². The maximum absolute atomic E-state index is 13.8. The molecule has 5 nitrogen and oxygen atoms in total. The number of aromatic nitrogens is 1. The van der Waals surface area contributed by atoms with Gasteiger partial charge in [0.15, 0.2) is 16.8 Å². The van der Waals surface area contributed by atoms with Crippen LogP contribution < -0.4 is 4.90 Å². The predicted molar refractivity (Wildman–Crippen MR) is 119 cm³/mol. The predicted octanol–water partition coefficient (Wildman–Crippen LogP) is 4.56. The van der Waals surface area contributed by atoms with Crippen LogP contribution in [0.15, 0.2) is 30.3 Å². The lowest BCUT2D eigenvalue weighted by Gasteiger charge is -2.27. The molecule has 8 heteroatoms. The summed E-state index contributed by atoms with van der Waals surface area (Å²) in [6.45, 7) is 8.51. The van der Waals surface area contributed by atoms with E-state index < -0.39 is 11.6 Å². The SMILES string of the molecule is Cc1cc2nc(N(CCCN3CCOCC3)C(=O)c3ccc(F)c(F)c3)sc2cc1C. The number of hydrogen-bond donors (Lipinski definition) is 0. The van der Waals surface area contributed by atoms with E-state index in [0.29, 0.717) is 24.9 Å². The second kappa shape index (κ2) is 9.38. The topological polar surface area (TPSA) is 45.7 Å². The van der Waals surface area contributed by atoms with Gasteiger partial charge < -0.3 is 4.74 Å². The van der Waals surface area contributed by atoms with Gasteiger partial charge >= 0.3 is 0 Å². The van der Waals surface area contributed by atoms with Gasteiger partial charge in [-0.15, -0.1) is 0 Å². The first-order chi connectivity index (χ1) is 14.9. The number of morpholine rings is 1. The van der Waals surface area contributed by atoms with Gasteiger partial charge in [-0.05, 0) is 61.7 Å². The first kappa shape index (κ1) is 21.8. The number of amides is 1. The lowest BCUT2D eigenvalue weighted by atomic mass is 10.1. The minimum Gasteiger partial charge on any atom is -0.379 e. The second-order valence-corrected chi connectivity index (χ2v) is 8.80. The third-order valence-electron chi connectivity index (χ3n) is 5.59. The molecule has 0 unspecified atom stereocenters. The zero-order chi connectivity index (χ0) is 22.0. The molecule has 3 aromatic rings. The lowest BCUT2D eigenvalue weighted by Crippen LogP contribution is -2.39. The van der Waals surface area contributed by atoms with Gasteiger partial charge in [0.25, 0.3) is 5.91 Å². The quantitative estimate of drug-likeness (QED) is 0.558. The summed E-state index contributed by atoms with van der Waals surface area (Å²) in [4.78, 5) is 21.8. The molecule has 0 N–H and O–H groups in total. The number of fused-ring (bicyclic) bond motifs is 1. The minimum atomic E-state index is -1.03. The zero-order valence-electron chi connectivity index (χ0n) is 17.7. The third-order valence-corrected chi connectivity index (χ3v) is 6.64. The first-order valence-corrected chi connectivity index (χ1v) is 11.2. The summed E-state index contributed by atoms with van der Waals surface area (Å²) in [5, 5.41) is 0.566. The Morgan fingerprint density at radius 3 is 2.61 bits per heavy atom. The smallest absolute Gasteiger partial charge is 0.260 e. The molecule has 2 aromatic carbocycles. The highest BCUT2D eigenvalue weighted by molar-refractivity contribution is 7.22. The van der Waals surface area contributed by atoms with Crippen LogP contribution in [0, 0.1) is 25.5 Å². The van der Waals surface area contributed by atoms with Crippen molar-refractivity contribution in [3.05, 3.63) is 58.7 Å². The summed E-state index contributed by atoms with van der Waals surface area (Å²) in [7, 11) is 0. The zero-order valence-corrected chi connectivity index (χ0v) is 18.5. The molecule has 31 heavy (non-hydrogen) atoms. The normalized spacial score (nSPS) is 14.8. The van der Waals surface area contributed by atoms with Crippen LogP contribution in [-0.4, -0.2) is 55.2 Å². The average molecular weight is 446 g/mol. The van der Waals surface area contributed by atoms with Crippen molar-refractivity contribution < 1.29 is 18.3 Å². The third kappa shape index (κ3) is 4.92. The molecular weight excluding hydrogens is 420 g/mol. The molecule has 1 saturated heterocycles. The van der Waals surface area contributed by atoms with Crippen molar-refractivity contribution in [1.82, 2.24) is 9.88 Å². The number of carbonyl (C=O) groups is 1. The largest absolute Gasteiger partial charge is 0.379 e. The summed E-state index contributed by atoms with van der Waals surface area (Å²) in [5.41, 5.74) is 3.24. The van der Waals surface area contributed by atoms with Crippen LogP contribution in [0.3, 0.4) is 0 Å². The lowest BCUT2D eigenvalue weighted by molar-refractivity contribution is 0.0376. The van der Waals surface area contributed by atoms with Crippen LogP contribution >= 0.6 is 11.3 Å². The summed E-state index contributed by atoms with van der Waals surface area (Å²) < 4.78 is 33.5. The number of aryl methyl sites for hydroxylation is 2. The number of carbonyl (C=O) groups excluding carboxylic acids is 1. The minimum absolute atomic E-state index is 0.108. The Hall–Kier alpha value is -2.42.